The van der Waals surface area contributed by atoms with Gasteiger partial charge in [0.1, 0.15) is 4.99 Å². The molecule has 0 aliphatic carbocycles. The Bertz CT molecular complexity index is 655. The second-order valence-electron chi connectivity index (χ2n) is 4.78. The molecule has 0 saturated heterocycles. The Morgan fingerprint density at radius 2 is 2.00 bits per heavy atom. The average molecular weight is 329 g/mol. The van der Waals surface area contributed by atoms with E-state index in [-0.39, 0.29) is 28.8 Å². The highest BCUT2D eigenvalue weighted by atomic mass is 32.2. The first kappa shape index (κ1) is 17.5. The minimum absolute atomic E-state index is 0.0514. The largest absolute Gasteiger partial charge is 0.389 e. The van der Waals surface area contributed by atoms with E-state index in [1.54, 1.807) is 33.2 Å². The molecule has 116 valence electrons. The predicted octanol–water partition coefficient (Wildman–Crippen LogP) is 0.386. The smallest absolute Gasteiger partial charge is 0.240 e. The summed E-state index contributed by atoms with van der Waals surface area (Å²) in [5.41, 5.74) is 6.67. The summed E-state index contributed by atoms with van der Waals surface area (Å²) in [7, 11) is -0.419. The number of benzene rings is 1. The van der Waals surface area contributed by atoms with Gasteiger partial charge in [-0.25, -0.2) is 13.1 Å². The first-order chi connectivity index (χ1) is 9.65. The molecule has 0 unspecified atom stereocenters. The minimum Gasteiger partial charge on any atom is -0.389 e. The average Bonchev–Trinajstić information content (AvgIpc) is 2.37. The lowest BCUT2D eigenvalue weighted by Crippen LogP contribution is -2.30. The molecule has 0 radical (unpaired) electrons. The molecule has 3 N–H and O–H groups in total. The van der Waals surface area contributed by atoms with Crippen molar-refractivity contribution in [3.05, 3.63) is 29.3 Å². The molecular weight excluding hydrogens is 310 g/mol. The normalized spacial score (nSPS) is 11.2. The van der Waals surface area contributed by atoms with Crippen LogP contribution in [0.1, 0.15) is 17.5 Å². The van der Waals surface area contributed by atoms with E-state index in [4.69, 9.17) is 18.0 Å². The van der Waals surface area contributed by atoms with Gasteiger partial charge in [0, 0.05) is 32.6 Å². The molecule has 0 atom stereocenters. The van der Waals surface area contributed by atoms with E-state index in [9.17, 15) is 13.2 Å². The van der Waals surface area contributed by atoms with Gasteiger partial charge in [-0.1, -0.05) is 18.3 Å². The molecule has 1 aromatic rings. The van der Waals surface area contributed by atoms with Gasteiger partial charge in [0.15, 0.2) is 0 Å². The Morgan fingerprint density at radius 3 is 2.48 bits per heavy atom. The molecule has 0 heterocycles. The van der Waals surface area contributed by atoms with Crippen LogP contribution < -0.4 is 10.5 Å². The second kappa shape index (κ2) is 6.97. The van der Waals surface area contributed by atoms with Gasteiger partial charge >= 0.3 is 0 Å². The van der Waals surface area contributed by atoms with Crippen LogP contribution in [-0.2, 0) is 14.8 Å². The Labute approximate surface area is 130 Å². The van der Waals surface area contributed by atoms with Gasteiger partial charge < -0.3 is 10.6 Å². The number of nitrogens with zero attached hydrogens (tertiary/aromatic N) is 1. The molecule has 0 bridgehead atoms. The van der Waals surface area contributed by atoms with Crippen LogP contribution in [0, 0.1) is 6.92 Å². The molecule has 21 heavy (non-hydrogen) atoms. The molecule has 1 rings (SSSR count). The summed E-state index contributed by atoms with van der Waals surface area (Å²) in [6.45, 7) is 1.72. The van der Waals surface area contributed by atoms with Crippen LogP contribution in [-0.4, -0.2) is 44.9 Å². The lowest BCUT2D eigenvalue weighted by atomic mass is 10.1. The van der Waals surface area contributed by atoms with Crippen LogP contribution in [0.25, 0.3) is 0 Å². The molecule has 8 heteroatoms. The molecule has 0 aromatic heterocycles. The molecule has 6 nitrogen and oxygen atoms in total. The van der Waals surface area contributed by atoms with Crippen LogP contribution in [0.3, 0.4) is 0 Å². The molecule has 0 spiro atoms. The molecule has 0 aliphatic rings. The quantitative estimate of drug-likeness (QED) is 0.736. The maximum Gasteiger partial charge on any atom is 0.240 e. The number of carbonyl (C=O) groups excluding carboxylic acids is 1. The zero-order chi connectivity index (χ0) is 16.2. The number of rotatable bonds is 6. The van der Waals surface area contributed by atoms with Gasteiger partial charge in [-0.15, -0.1) is 0 Å². The van der Waals surface area contributed by atoms with Crippen molar-refractivity contribution in [2.24, 2.45) is 5.73 Å². The number of nitrogens with two attached hydrogens (primary N) is 1. The van der Waals surface area contributed by atoms with Crippen molar-refractivity contribution in [2.75, 3.05) is 20.6 Å². The Morgan fingerprint density at radius 1 is 1.38 bits per heavy atom. The summed E-state index contributed by atoms with van der Waals surface area (Å²) in [5, 5.41) is 0. The maximum atomic E-state index is 12.2. The fraction of sp³-hybridized carbons (Fsp3) is 0.385. The summed E-state index contributed by atoms with van der Waals surface area (Å²) in [5.74, 6) is -0.141. The van der Waals surface area contributed by atoms with E-state index in [1.807, 2.05) is 0 Å². The van der Waals surface area contributed by atoms with Gasteiger partial charge in [-0.3, -0.25) is 4.79 Å². The van der Waals surface area contributed by atoms with Crippen LogP contribution in [0.4, 0.5) is 0 Å². The molecule has 0 aliphatic heterocycles. The van der Waals surface area contributed by atoms with Crippen LogP contribution in [0.2, 0.25) is 0 Å². The van der Waals surface area contributed by atoms with Crippen molar-refractivity contribution in [2.45, 2.75) is 18.2 Å². The standard InChI is InChI=1S/C13H19N3O3S2/c1-9-8-10(13(14)20)4-5-11(9)21(18,19)15-7-6-12(17)16(2)3/h4-5,8,15H,6-7H2,1-3H3,(H2,14,20). The molecule has 1 amide bonds. The number of hydrogen-bond acceptors (Lipinski definition) is 4. The second-order valence-corrected chi connectivity index (χ2v) is 6.96. The van der Waals surface area contributed by atoms with Crippen LogP contribution >= 0.6 is 12.2 Å². The number of hydrogen-bond donors (Lipinski definition) is 2. The van der Waals surface area contributed by atoms with Crippen molar-refractivity contribution in [3.8, 4) is 0 Å². The highest BCUT2D eigenvalue weighted by Gasteiger charge is 2.17. The maximum absolute atomic E-state index is 12.2. The minimum atomic E-state index is -3.66. The molecule has 1 aromatic carbocycles. The number of sulfonamides is 1. The molecular formula is C13H19N3O3S2. The third-order valence-corrected chi connectivity index (χ3v) is 4.74. The topological polar surface area (TPSA) is 92.5 Å². The van der Waals surface area contributed by atoms with Gasteiger partial charge in [-0.2, -0.15) is 0 Å². The zero-order valence-corrected chi connectivity index (χ0v) is 13.8. The first-order valence-corrected chi connectivity index (χ1v) is 8.14. The summed E-state index contributed by atoms with van der Waals surface area (Å²) in [6.07, 6.45) is 0.107. The summed E-state index contributed by atoms with van der Waals surface area (Å²) in [4.78, 5) is 13.2. The van der Waals surface area contributed by atoms with E-state index < -0.39 is 10.0 Å². The summed E-state index contributed by atoms with van der Waals surface area (Å²) < 4.78 is 26.8. The van der Waals surface area contributed by atoms with Crippen LogP contribution in [0.15, 0.2) is 23.1 Å². The van der Waals surface area contributed by atoms with Gasteiger partial charge in [0.2, 0.25) is 15.9 Å². The lowest BCUT2D eigenvalue weighted by Gasteiger charge is -2.12. The van der Waals surface area contributed by atoms with E-state index in [1.165, 1.54) is 11.0 Å². The number of carbonyl (C=O) groups is 1. The summed E-state index contributed by atoms with van der Waals surface area (Å²) >= 11 is 4.85. The van der Waals surface area contributed by atoms with Crippen molar-refractivity contribution in [1.29, 1.82) is 0 Å². The Kier molecular flexibility index (Phi) is 5.82. The number of thiocarbonyl (C=S) groups is 1. The summed E-state index contributed by atoms with van der Waals surface area (Å²) in [6, 6.07) is 4.65. The van der Waals surface area contributed by atoms with Crippen molar-refractivity contribution in [3.63, 3.8) is 0 Å². The fourth-order valence-corrected chi connectivity index (χ4v) is 3.08. The first-order valence-electron chi connectivity index (χ1n) is 6.25. The van der Waals surface area contributed by atoms with Gasteiger partial charge in [0.05, 0.1) is 4.90 Å². The lowest BCUT2D eigenvalue weighted by molar-refractivity contribution is -0.128. The number of amides is 1. The number of aryl methyl sites for hydroxylation is 1. The molecule has 0 saturated carbocycles. The van der Waals surface area contributed by atoms with Crippen molar-refractivity contribution >= 4 is 33.1 Å². The van der Waals surface area contributed by atoms with Gasteiger partial charge in [-0.05, 0) is 24.6 Å². The zero-order valence-electron chi connectivity index (χ0n) is 12.2. The third kappa shape index (κ3) is 4.76. The van der Waals surface area contributed by atoms with Crippen molar-refractivity contribution in [1.82, 2.24) is 9.62 Å². The predicted molar refractivity (Wildman–Crippen MR) is 85.6 cm³/mol. The monoisotopic (exact) mass is 329 g/mol. The fourth-order valence-electron chi connectivity index (χ4n) is 1.70. The number of nitrogens with one attached hydrogen (secondary N) is 1. The van der Waals surface area contributed by atoms with E-state index in [0.29, 0.717) is 11.1 Å². The van der Waals surface area contributed by atoms with E-state index in [2.05, 4.69) is 4.72 Å². The van der Waals surface area contributed by atoms with Gasteiger partial charge in [0.25, 0.3) is 0 Å². The SMILES string of the molecule is Cc1cc(C(N)=S)ccc1S(=O)(=O)NCCC(=O)N(C)C. The third-order valence-electron chi connectivity index (χ3n) is 2.88. The highest BCUT2D eigenvalue weighted by Crippen LogP contribution is 2.16. The van der Waals surface area contributed by atoms with Crippen molar-refractivity contribution < 1.29 is 13.2 Å². The Balaban J connectivity index is 2.84. The molecule has 0 fully saturated rings. The van der Waals surface area contributed by atoms with E-state index in [0.717, 1.165) is 0 Å². The van der Waals surface area contributed by atoms with E-state index >= 15 is 0 Å². The Hall–Kier alpha value is -1.51. The highest BCUT2D eigenvalue weighted by molar-refractivity contribution is 7.89. The van der Waals surface area contributed by atoms with Crippen LogP contribution in [0.5, 0.6) is 0 Å².